The van der Waals surface area contributed by atoms with Crippen molar-refractivity contribution < 1.29 is 9.18 Å². The molecule has 0 bridgehead atoms. The maximum atomic E-state index is 13.3. The lowest BCUT2D eigenvalue weighted by Crippen LogP contribution is -2.47. The van der Waals surface area contributed by atoms with E-state index in [4.69, 9.17) is 0 Å². The van der Waals surface area contributed by atoms with Crippen LogP contribution in [0.1, 0.15) is 38.2 Å². The van der Waals surface area contributed by atoms with E-state index >= 15 is 0 Å². The summed E-state index contributed by atoms with van der Waals surface area (Å²) >= 11 is 0. The Balaban J connectivity index is 1.35. The molecule has 0 spiro atoms. The van der Waals surface area contributed by atoms with Crippen molar-refractivity contribution in [1.29, 1.82) is 0 Å². The van der Waals surface area contributed by atoms with Gasteiger partial charge in [0.2, 0.25) is 5.91 Å². The standard InChI is InChI=1S/C22H34FN3O/c1-18(27)26-14-9-22(10-15-26)24(2)17-20-7-12-25(13-8-20)11-6-19-4-3-5-21(23)16-19/h3-5,16,20,22H,6-15,17H2,1-2H3. The lowest BCUT2D eigenvalue weighted by molar-refractivity contribution is -0.130. The molecule has 0 unspecified atom stereocenters. The number of amides is 1. The van der Waals surface area contributed by atoms with Crippen molar-refractivity contribution in [2.24, 2.45) is 5.92 Å². The molecule has 1 amide bonds. The van der Waals surface area contributed by atoms with Gasteiger partial charge in [-0.2, -0.15) is 0 Å². The molecule has 1 aromatic rings. The van der Waals surface area contributed by atoms with E-state index in [0.717, 1.165) is 63.5 Å². The molecule has 150 valence electrons. The van der Waals surface area contributed by atoms with Crippen molar-refractivity contribution in [3.63, 3.8) is 0 Å². The minimum atomic E-state index is -0.136. The summed E-state index contributed by atoms with van der Waals surface area (Å²) in [5, 5.41) is 0. The third-order valence-corrected chi connectivity index (χ3v) is 6.39. The molecular formula is C22H34FN3O. The van der Waals surface area contributed by atoms with Crippen LogP contribution in [0.3, 0.4) is 0 Å². The van der Waals surface area contributed by atoms with Crippen LogP contribution in [-0.2, 0) is 11.2 Å². The first kappa shape index (κ1) is 20.3. The van der Waals surface area contributed by atoms with Crippen LogP contribution in [0.15, 0.2) is 24.3 Å². The maximum absolute atomic E-state index is 13.3. The minimum absolute atomic E-state index is 0.136. The average Bonchev–Trinajstić information content (AvgIpc) is 2.67. The highest BCUT2D eigenvalue weighted by atomic mass is 19.1. The van der Waals surface area contributed by atoms with Crippen molar-refractivity contribution in [1.82, 2.24) is 14.7 Å². The van der Waals surface area contributed by atoms with Gasteiger partial charge in [-0.15, -0.1) is 0 Å². The lowest BCUT2D eigenvalue weighted by atomic mass is 9.94. The first-order valence-electron chi connectivity index (χ1n) is 10.4. The Morgan fingerprint density at radius 1 is 1.15 bits per heavy atom. The van der Waals surface area contributed by atoms with Gasteiger partial charge in [0, 0.05) is 39.1 Å². The second-order valence-electron chi connectivity index (χ2n) is 8.34. The fraction of sp³-hybridized carbons (Fsp3) is 0.682. The van der Waals surface area contributed by atoms with Crippen molar-refractivity contribution in [2.45, 2.75) is 45.1 Å². The molecule has 2 aliphatic rings. The minimum Gasteiger partial charge on any atom is -0.343 e. The third kappa shape index (κ3) is 6.01. The SMILES string of the molecule is CC(=O)N1CCC(N(C)CC2CCN(CCc3cccc(F)c3)CC2)CC1. The normalized spacial score (nSPS) is 20.4. The fourth-order valence-corrected chi connectivity index (χ4v) is 4.55. The maximum Gasteiger partial charge on any atom is 0.219 e. The van der Waals surface area contributed by atoms with Gasteiger partial charge < -0.3 is 14.7 Å². The number of hydrogen-bond donors (Lipinski definition) is 0. The van der Waals surface area contributed by atoms with Gasteiger partial charge in [-0.25, -0.2) is 4.39 Å². The summed E-state index contributed by atoms with van der Waals surface area (Å²) in [4.78, 5) is 18.5. The Morgan fingerprint density at radius 2 is 1.85 bits per heavy atom. The van der Waals surface area contributed by atoms with Gasteiger partial charge in [0.1, 0.15) is 5.82 Å². The highest BCUT2D eigenvalue weighted by Crippen LogP contribution is 2.22. The Kier molecular flexibility index (Phi) is 7.25. The van der Waals surface area contributed by atoms with Crippen LogP contribution < -0.4 is 0 Å². The number of likely N-dealkylation sites (tertiary alicyclic amines) is 2. The second kappa shape index (κ2) is 9.65. The molecule has 0 aromatic heterocycles. The summed E-state index contributed by atoms with van der Waals surface area (Å²) in [7, 11) is 2.25. The van der Waals surface area contributed by atoms with Gasteiger partial charge in [-0.1, -0.05) is 12.1 Å². The number of carbonyl (C=O) groups is 1. The molecule has 2 heterocycles. The van der Waals surface area contributed by atoms with Gasteiger partial charge in [0.25, 0.3) is 0 Å². The van der Waals surface area contributed by atoms with Crippen molar-refractivity contribution >= 4 is 5.91 Å². The molecule has 0 N–H and O–H groups in total. The highest BCUT2D eigenvalue weighted by Gasteiger charge is 2.26. The van der Waals surface area contributed by atoms with Crippen LogP contribution in [0.4, 0.5) is 4.39 Å². The Hall–Kier alpha value is -1.46. The molecule has 1 aromatic carbocycles. The predicted octanol–water partition coefficient (Wildman–Crippen LogP) is 3.02. The molecule has 5 heteroatoms. The number of hydrogen-bond acceptors (Lipinski definition) is 3. The predicted molar refractivity (Wildman–Crippen MR) is 107 cm³/mol. The quantitative estimate of drug-likeness (QED) is 0.765. The number of benzene rings is 1. The van der Waals surface area contributed by atoms with Crippen LogP contribution in [0, 0.1) is 11.7 Å². The van der Waals surface area contributed by atoms with Crippen molar-refractivity contribution in [2.75, 3.05) is 46.3 Å². The topological polar surface area (TPSA) is 26.8 Å². The number of nitrogens with zero attached hydrogens (tertiary/aromatic N) is 3. The second-order valence-corrected chi connectivity index (χ2v) is 8.34. The van der Waals surface area contributed by atoms with E-state index in [-0.39, 0.29) is 11.7 Å². The monoisotopic (exact) mass is 375 g/mol. The molecule has 2 saturated heterocycles. The van der Waals surface area contributed by atoms with Gasteiger partial charge >= 0.3 is 0 Å². The number of piperidine rings is 2. The summed E-state index contributed by atoms with van der Waals surface area (Å²) in [5.74, 6) is 0.844. The molecule has 27 heavy (non-hydrogen) atoms. The summed E-state index contributed by atoms with van der Waals surface area (Å²) in [6.07, 6.45) is 5.63. The first-order chi connectivity index (χ1) is 13.0. The van der Waals surface area contributed by atoms with Crippen LogP contribution in [-0.4, -0.2) is 73.0 Å². The molecule has 0 aliphatic carbocycles. The summed E-state index contributed by atoms with van der Waals surface area (Å²) in [6, 6.07) is 7.59. The molecule has 4 nitrogen and oxygen atoms in total. The zero-order valence-electron chi connectivity index (χ0n) is 16.9. The van der Waals surface area contributed by atoms with E-state index < -0.39 is 0 Å². The zero-order chi connectivity index (χ0) is 19.2. The van der Waals surface area contributed by atoms with Gasteiger partial charge in [0.05, 0.1) is 0 Å². The number of halogens is 1. The van der Waals surface area contributed by atoms with Gasteiger partial charge in [0.15, 0.2) is 0 Å². The van der Waals surface area contributed by atoms with Crippen LogP contribution >= 0.6 is 0 Å². The van der Waals surface area contributed by atoms with Gasteiger partial charge in [-0.3, -0.25) is 4.79 Å². The summed E-state index contributed by atoms with van der Waals surface area (Å²) in [6.45, 7) is 7.98. The molecule has 3 rings (SSSR count). The molecule has 0 saturated carbocycles. The van der Waals surface area contributed by atoms with Gasteiger partial charge in [-0.05, 0) is 75.9 Å². The van der Waals surface area contributed by atoms with Crippen molar-refractivity contribution in [3.8, 4) is 0 Å². The van der Waals surface area contributed by atoms with Crippen LogP contribution in [0.25, 0.3) is 0 Å². The molecule has 2 fully saturated rings. The summed E-state index contributed by atoms with van der Waals surface area (Å²) < 4.78 is 13.3. The molecule has 2 aliphatic heterocycles. The lowest BCUT2D eigenvalue weighted by Gasteiger charge is -2.39. The largest absolute Gasteiger partial charge is 0.343 e. The molecular weight excluding hydrogens is 341 g/mol. The first-order valence-corrected chi connectivity index (χ1v) is 10.4. The van der Waals surface area contributed by atoms with E-state index in [9.17, 15) is 9.18 Å². The Bertz CT molecular complexity index is 607. The number of carbonyl (C=O) groups excluding carboxylic acids is 1. The van der Waals surface area contributed by atoms with E-state index in [2.05, 4.69) is 16.8 Å². The van der Waals surface area contributed by atoms with E-state index in [1.54, 1.807) is 19.1 Å². The average molecular weight is 376 g/mol. The Labute approximate surface area is 163 Å². The highest BCUT2D eigenvalue weighted by molar-refractivity contribution is 5.73. The van der Waals surface area contributed by atoms with E-state index in [1.165, 1.54) is 25.5 Å². The zero-order valence-corrected chi connectivity index (χ0v) is 16.9. The Morgan fingerprint density at radius 3 is 2.48 bits per heavy atom. The third-order valence-electron chi connectivity index (χ3n) is 6.39. The van der Waals surface area contributed by atoms with Crippen LogP contribution in [0.2, 0.25) is 0 Å². The summed E-state index contributed by atoms with van der Waals surface area (Å²) in [5.41, 5.74) is 1.09. The fourth-order valence-electron chi connectivity index (χ4n) is 4.55. The van der Waals surface area contributed by atoms with Crippen LogP contribution in [0.5, 0.6) is 0 Å². The smallest absolute Gasteiger partial charge is 0.219 e. The molecule has 0 atom stereocenters. The molecule has 0 radical (unpaired) electrons. The van der Waals surface area contributed by atoms with E-state index in [0.29, 0.717) is 6.04 Å². The number of rotatable bonds is 6. The van der Waals surface area contributed by atoms with Crippen molar-refractivity contribution in [3.05, 3.63) is 35.6 Å². The van der Waals surface area contributed by atoms with E-state index in [1.807, 2.05) is 11.0 Å².